The van der Waals surface area contributed by atoms with E-state index in [1.54, 1.807) is 18.3 Å². The van der Waals surface area contributed by atoms with Gasteiger partial charge in [0.25, 0.3) is 5.91 Å². The van der Waals surface area contributed by atoms with Crippen molar-refractivity contribution in [3.05, 3.63) is 102 Å². The Hall–Kier alpha value is -5.56. The van der Waals surface area contributed by atoms with Gasteiger partial charge in [0.05, 0.1) is 18.2 Å². The van der Waals surface area contributed by atoms with Crippen LogP contribution in [0.25, 0.3) is 10.9 Å². The first-order valence-electron chi connectivity index (χ1n) is 15.9. The minimum absolute atomic E-state index is 0.00869. The number of aliphatic hydroxyl groups excluding tert-OH is 1. The maximum atomic E-state index is 14.3. The summed E-state index contributed by atoms with van der Waals surface area (Å²) in [5, 5.41) is 20.0. The number of benzene rings is 2. The van der Waals surface area contributed by atoms with Gasteiger partial charge in [-0.2, -0.15) is 0 Å². The molecule has 48 heavy (non-hydrogen) atoms. The molecule has 4 atom stereocenters. The lowest BCUT2D eigenvalue weighted by Crippen LogP contribution is -2.57. The molecule has 5 N–H and O–H groups in total. The normalized spacial score (nSPS) is 22.7. The summed E-state index contributed by atoms with van der Waals surface area (Å²) in [5.41, 5.74) is 2.68. The number of amides is 5. The Labute approximate surface area is 276 Å². The van der Waals surface area contributed by atoms with Gasteiger partial charge in [-0.3, -0.25) is 29.0 Å². The summed E-state index contributed by atoms with van der Waals surface area (Å²) in [6, 6.07) is 16.7. The predicted molar refractivity (Wildman–Crippen MR) is 175 cm³/mol. The number of aliphatic hydroxyl groups is 1. The van der Waals surface area contributed by atoms with Crippen LogP contribution < -0.4 is 16.0 Å². The number of carbonyl (C=O) groups is 5. The minimum atomic E-state index is -1.13. The zero-order valence-corrected chi connectivity index (χ0v) is 26.2. The lowest BCUT2D eigenvalue weighted by molar-refractivity contribution is -0.142. The van der Waals surface area contributed by atoms with Gasteiger partial charge in [0, 0.05) is 68.4 Å². The SMILES string of the molecule is O=C1CN(C(=O)c2cccnc2)CCNC(=O)[C@H](Cc2ccccc2)NC(=O)[C@@H]2C[C@@H](O)CN2C(=O)[C@@H](Cc2c[nH]c3ccccc23)N1. The van der Waals surface area contributed by atoms with Crippen LogP contribution in [0, 0.1) is 0 Å². The summed E-state index contributed by atoms with van der Waals surface area (Å²) in [5.74, 6) is -2.72. The lowest BCUT2D eigenvalue weighted by atomic mass is 10.0. The second kappa shape index (κ2) is 14.5. The Bertz CT molecular complexity index is 1800. The molecule has 2 fully saturated rings. The standard InChI is InChI=1S/C35H37N7O6/c43-25-17-30-33(46)40-28(15-22-7-2-1-3-8-22)32(45)37-13-14-41(34(47)23-9-6-12-36-18-23)21-31(44)39-29(35(48)42(30)20-25)16-24-19-38-27-11-5-4-10-26(24)27/h1-12,18-19,25,28-30,38,43H,13-17,20-21H2,(H,37,45)(H,39,44)(H,40,46)/t25-,28+,29-,30+/m1/s1. The summed E-state index contributed by atoms with van der Waals surface area (Å²) in [6.45, 7) is -0.567. The van der Waals surface area contributed by atoms with E-state index < -0.39 is 60.3 Å². The third-order valence-corrected chi connectivity index (χ3v) is 8.72. The van der Waals surface area contributed by atoms with Crippen LogP contribution >= 0.6 is 0 Å². The van der Waals surface area contributed by atoms with E-state index in [2.05, 4.69) is 25.9 Å². The average Bonchev–Trinajstić information content (AvgIpc) is 3.70. The van der Waals surface area contributed by atoms with Gasteiger partial charge in [0.15, 0.2) is 0 Å². The van der Waals surface area contributed by atoms with Crippen molar-refractivity contribution in [3.63, 3.8) is 0 Å². The van der Waals surface area contributed by atoms with Gasteiger partial charge in [-0.05, 0) is 29.3 Å². The monoisotopic (exact) mass is 651 g/mol. The van der Waals surface area contributed by atoms with Crippen molar-refractivity contribution in [1.82, 2.24) is 35.7 Å². The molecule has 6 rings (SSSR count). The molecule has 2 aromatic heterocycles. The molecule has 0 saturated carbocycles. The number of hydrogen-bond donors (Lipinski definition) is 5. The second-order valence-corrected chi connectivity index (χ2v) is 12.1. The maximum absolute atomic E-state index is 14.3. The first-order valence-corrected chi connectivity index (χ1v) is 15.9. The van der Waals surface area contributed by atoms with Crippen molar-refractivity contribution in [2.45, 2.75) is 43.5 Å². The van der Waals surface area contributed by atoms with Gasteiger partial charge in [-0.15, -0.1) is 0 Å². The molecule has 2 saturated heterocycles. The van der Waals surface area contributed by atoms with Gasteiger partial charge >= 0.3 is 0 Å². The molecule has 0 radical (unpaired) electrons. The Balaban J connectivity index is 1.34. The van der Waals surface area contributed by atoms with Crippen LogP contribution in [-0.2, 0) is 32.0 Å². The summed E-state index contributed by atoms with van der Waals surface area (Å²) < 4.78 is 0. The molecule has 5 amide bonds. The third kappa shape index (κ3) is 7.36. The van der Waals surface area contributed by atoms with Crippen LogP contribution in [0.2, 0.25) is 0 Å². The summed E-state index contributed by atoms with van der Waals surface area (Å²) in [6.07, 6.45) is 3.93. The van der Waals surface area contributed by atoms with Gasteiger partial charge in [-0.25, -0.2) is 0 Å². The number of pyridine rings is 1. The van der Waals surface area contributed by atoms with Gasteiger partial charge < -0.3 is 35.8 Å². The molecule has 0 spiro atoms. The van der Waals surface area contributed by atoms with Gasteiger partial charge in [-0.1, -0.05) is 48.5 Å². The Kier molecular flexibility index (Phi) is 9.76. The zero-order valence-electron chi connectivity index (χ0n) is 26.2. The van der Waals surface area contributed by atoms with Crippen LogP contribution in [0.3, 0.4) is 0 Å². The first kappa shape index (κ1) is 32.4. The number of rotatable bonds is 5. The number of H-pyrrole nitrogens is 1. The fourth-order valence-corrected chi connectivity index (χ4v) is 6.33. The molecule has 0 aliphatic carbocycles. The van der Waals surface area contributed by atoms with Gasteiger partial charge in [0.2, 0.25) is 23.6 Å². The van der Waals surface area contributed by atoms with E-state index >= 15 is 0 Å². The van der Waals surface area contributed by atoms with E-state index in [9.17, 15) is 29.1 Å². The smallest absolute Gasteiger partial charge is 0.255 e. The fraction of sp³-hybridized carbons (Fsp3) is 0.314. The fourth-order valence-electron chi connectivity index (χ4n) is 6.33. The van der Waals surface area contributed by atoms with Crippen molar-refractivity contribution in [1.29, 1.82) is 0 Å². The highest BCUT2D eigenvalue weighted by Crippen LogP contribution is 2.24. The van der Waals surface area contributed by atoms with E-state index in [-0.39, 0.29) is 44.5 Å². The number of hydrogen-bond acceptors (Lipinski definition) is 7. The highest BCUT2D eigenvalue weighted by Gasteiger charge is 2.43. The van der Waals surface area contributed by atoms with Crippen LogP contribution in [-0.4, -0.2) is 105 Å². The minimum Gasteiger partial charge on any atom is -0.391 e. The van der Waals surface area contributed by atoms with E-state index in [4.69, 9.17) is 0 Å². The first-order chi connectivity index (χ1) is 23.3. The zero-order chi connectivity index (χ0) is 33.6. The van der Waals surface area contributed by atoms with Crippen LogP contribution in [0.4, 0.5) is 0 Å². The third-order valence-electron chi connectivity index (χ3n) is 8.72. The average molecular weight is 652 g/mol. The predicted octanol–water partition coefficient (Wildman–Crippen LogP) is 0.552. The molecule has 2 aliphatic heterocycles. The number of carbonyl (C=O) groups excluding carboxylic acids is 5. The van der Waals surface area contributed by atoms with Crippen molar-refractivity contribution in [2.24, 2.45) is 0 Å². The topological polar surface area (TPSA) is 177 Å². The van der Waals surface area contributed by atoms with E-state index in [1.165, 1.54) is 22.2 Å². The summed E-state index contributed by atoms with van der Waals surface area (Å²) >= 11 is 0. The summed E-state index contributed by atoms with van der Waals surface area (Å²) in [4.78, 5) is 78.5. The van der Waals surface area contributed by atoms with Crippen molar-refractivity contribution >= 4 is 40.4 Å². The molecule has 4 heterocycles. The van der Waals surface area contributed by atoms with E-state index in [0.29, 0.717) is 0 Å². The van der Waals surface area contributed by atoms with Crippen molar-refractivity contribution in [3.8, 4) is 0 Å². The Morgan fingerprint density at radius 1 is 0.896 bits per heavy atom. The molecule has 0 unspecified atom stereocenters. The van der Waals surface area contributed by atoms with Gasteiger partial charge in [0.1, 0.15) is 18.1 Å². The number of aromatic nitrogens is 2. The number of nitrogens with zero attached hydrogens (tertiary/aromatic N) is 3. The second-order valence-electron chi connectivity index (χ2n) is 12.1. The molecule has 2 aliphatic rings. The van der Waals surface area contributed by atoms with Crippen molar-refractivity contribution in [2.75, 3.05) is 26.2 Å². The maximum Gasteiger partial charge on any atom is 0.255 e. The highest BCUT2D eigenvalue weighted by molar-refractivity contribution is 5.98. The van der Waals surface area contributed by atoms with E-state index in [1.807, 2.05) is 54.6 Å². The molecular formula is C35H37N7O6. The number of nitrogens with one attached hydrogen (secondary N) is 4. The Morgan fingerprint density at radius 2 is 1.69 bits per heavy atom. The lowest BCUT2D eigenvalue weighted by Gasteiger charge is -2.30. The largest absolute Gasteiger partial charge is 0.391 e. The molecular weight excluding hydrogens is 614 g/mol. The number of para-hydroxylation sites is 1. The Morgan fingerprint density at radius 3 is 2.48 bits per heavy atom. The van der Waals surface area contributed by atoms with Crippen LogP contribution in [0.1, 0.15) is 27.9 Å². The van der Waals surface area contributed by atoms with Crippen LogP contribution in [0.5, 0.6) is 0 Å². The van der Waals surface area contributed by atoms with Crippen molar-refractivity contribution < 1.29 is 29.1 Å². The molecule has 2 aromatic carbocycles. The number of fused-ring (bicyclic) bond motifs is 2. The summed E-state index contributed by atoms with van der Waals surface area (Å²) in [7, 11) is 0. The molecule has 4 aromatic rings. The molecule has 13 heteroatoms. The molecule has 13 nitrogen and oxygen atoms in total. The highest BCUT2D eigenvalue weighted by atomic mass is 16.3. The number of aromatic amines is 1. The van der Waals surface area contributed by atoms with E-state index in [0.717, 1.165) is 22.0 Å². The molecule has 248 valence electrons. The molecule has 0 bridgehead atoms. The quantitative estimate of drug-likeness (QED) is 0.209. The van der Waals surface area contributed by atoms with Crippen LogP contribution in [0.15, 0.2) is 85.3 Å².